The second kappa shape index (κ2) is 4.81. The Hall–Kier alpha value is -2.21. The minimum atomic E-state index is 0.167. The van der Waals surface area contributed by atoms with Crippen molar-refractivity contribution >= 4 is 28.6 Å². The highest BCUT2D eigenvalue weighted by Gasteiger charge is 2.09. The number of halogens is 1. The lowest BCUT2D eigenvalue weighted by molar-refractivity contribution is 1.00. The average molecular weight is 275 g/mol. The van der Waals surface area contributed by atoms with Gasteiger partial charge in [0.15, 0.2) is 11.5 Å². The Kier molecular flexibility index (Phi) is 3.00. The molecular formula is C12H11ClN6. The SMILES string of the molecule is Cc1cccnc1CNc1nc(Cl)nc2nc[nH]c12. The maximum atomic E-state index is 5.86. The molecule has 0 radical (unpaired) electrons. The maximum absolute atomic E-state index is 5.86. The number of imidazole rings is 1. The molecule has 0 saturated carbocycles. The molecule has 2 N–H and O–H groups in total. The first-order valence-corrected chi connectivity index (χ1v) is 6.13. The van der Waals surface area contributed by atoms with Gasteiger partial charge >= 0.3 is 0 Å². The lowest BCUT2D eigenvalue weighted by atomic mass is 10.2. The van der Waals surface area contributed by atoms with Crippen LogP contribution < -0.4 is 5.32 Å². The van der Waals surface area contributed by atoms with Gasteiger partial charge in [-0.15, -0.1) is 0 Å². The van der Waals surface area contributed by atoms with Gasteiger partial charge in [0, 0.05) is 6.20 Å². The summed E-state index contributed by atoms with van der Waals surface area (Å²) in [6, 6.07) is 3.93. The molecule has 19 heavy (non-hydrogen) atoms. The fraction of sp³-hybridized carbons (Fsp3) is 0.167. The first kappa shape index (κ1) is 11.9. The zero-order valence-corrected chi connectivity index (χ0v) is 10.9. The van der Waals surface area contributed by atoms with Gasteiger partial charge in [-0.25, -0.2) is 4.98 Å². The van der Waals surface area contributed by atoms with Crippen LogP contribution in [-0.4, -0.2) is 24.9 Å². The molecule has 96 valence electrons. The summed E-state index contributed by atoms with van der Waals surface area (Å²) in [6.07, 6.45) is 3.33. The van der Waals surface area contributed by atoms with Crippen LogP contribution in [-0.2, 0) is 6.54 Å². The monoisotopic (exact) mass is 274 g/mol. The van der Waals surface area contributed by atoms with Crippen LogP contribution in [0.15, 0.2) is 24.7 Å². The van der Waals surface area contributed by atoms with Crippen molar-refractivity contribution in [1.29, 1.82) is 0 Å². The first-order chi connectivity index (χ1) is 9.24. The standard InChI is InChI=1S/C12H11ClN6/c1-7-3-2-4-14-8(7)5-15-10-9-11(17-6-16-9)19-12(13)18-10/h2-4,6H,5H2,1H3,(H2,15,16,17,18,19). The summed E-state index contributed by atoms with van der Waals surface area (Å²) >= 11 is 5.86. The molecule has 0 spiro atoms. The topological polar surface area (TPSA) is 79.4 Å². The summed E-state index contributed by atoms with van der Waals surface area (Å²) in [7, 11) is 0. The molecule has 3 heterocycles. The lowest BCUT2D eigenvalue weighted by Crippen LogP contribution is -2.06. The summed E-state index contributed by atoms with van der Waals surface area (Å²) in [4.78, 5) is 19.6. The molecule has 3 aromatic rings. The van der Waals surface area contributed by atoms with Crippen molar-refractivity contribution in [3.05, 3.63) is 41.2 Å². The maximum Gasteiger partial charge on any atom is 0.226 e. The Balaban J connectivity index is 1.90. The molecule has 0 atom stereocenters. The van der Waals surface area contributed by atoms with Crippen molar-refractivity contribution < 1.29 is 0 Å². The Labute approximate surface area is 114 Å². The number of hydrogen-bond acceptors (Lipinski definition) is 5. The molecular weight excluding hydrogens is 264 g/mol. The normalized spacial score (nSPS) is 10.8. The van der Waals surface area contributed by atoms with Gasteiger partial charge in [-0.2, -0.15) is 9.97 Å². The number of nitrogens with zero attached hydrogens (tertiary/aromatic N) is 4. The molecule has 0 fully saturated rings. The first-order valence-electron chi connectivity index (χ1n) is 5.75. The van der Waals surface area contributed by atoms with Gasteiger partial charge in [0.05, 0.1) is 18.6 Å². The van der Waals surface area contributed by atoms with E-state index in [1.807, 2.05) is 19.1 Å². The number of H-pyrrole nitrogens is 1. The van der Waals surface area contributed by atoms with E-state index in [1.165, 1.54) is 0 Å². The summed E-state index contributed by atoms with van der Waals surface area (Å²) in [6.45, 7) is 2.58. The Morgan fingerprint density at radius 3 is 3.05 bits per heavy atom. The number of aromatic amines is 1. The molecule has 3 aromatic heterocycles. The van der Waals surface area contributed by atoms with E-state index in [0.29, 0.717) is 18.0 Å². The van der Waals surface area contributed by atoms with Gasteiger partial charge in [-0.05, 0) is 30.2 Å². The quantitative estimate of drug-likeness (QED) is 0.717. The molecule has 7 heteroatoms. The average Bonchev–Trinajstić information content (AvgIpc) is 2.85. The Morgan fingerprint density at radius 1 is 1.32 bits per heavy atom. The number of aryl methyl sites for hydroxylation is 1. The van der Waals surface area contributed by atoms with Gasteiger partial charge in [-0.1, -0.05) is 6.07 Å². The third-order valence-corrected chi connectivity index (χ3v) is 2.97. The summed E-state index contributed by atoms with van der Waals surface area (Å²) in [5.74, 6) is 0.623. The molecule has 0 aliphatic rings. The third-order valence-electron chi connectivity index (χ3n) is 2.80. The van der Waals surface area contributed by atoms with Gasteiger partial charge in [0.2, 0.25) is 5.28 Å². The van der Waals surface area contributed by atoms with E-state index in [9.17, 15) is 0 Å². The van der Waals surface area contributed by atoms with Crippen LogP contribution in [0.4, 0.5) is 5.82 Å². The highest BCUT2D eigenvalue weighted by Crippen LogP contribution is 2.19. The molecule has 0 aliphatic heterocycles. The Bertz CT molecular complexity index is 723. The molecule has 0 aliphatic carbocycles. The van der Waals surface area contributed by atoms with Gasteiger partial charge in [0.1, 0.15) is 5.52 Å². The minimum absolute atomic E-state index is 0.167. The summed E-state index contributed by atoms with van der Waals surface area (Å²) in [5, 5.41) is 3.37. The zero-order chi connectivity index (χ0) is 13.2. The predicted molar refractivity (Wildman–Crippen MR) is 73.0 cm³/mol. The van der Waals surface area contributed by atoms with E-state index >= 15 is 0 Å². The highest BCUT2D eigenvalue weighted by molar-refractivity contribution is 6.28. The van der Waals surface area contributed by atoms with Crippen LogP contribution in [0.5, 0.6) is 0 Å². The molecule has 6 nitrogen and oxygen atoms in total. The fourth-order valence-corrected chi connectivity index (χ4v) is 1.97. The number of pyridine rings is 1. The van der Waals surface area contributed by atoms with Crippen LogP contribution in [0.2, 0.25) is 5.28 Å². The summed E-state index contributed by atoms with van der Waals surface area (Å²) < 4.78 is 0. The molecule has 0 bridgehead atoms. The number of hydrogen-bond donors (Lipinski definition) is 2. The fourth-order valence-electron chi connectivity index (χ4n) is 1.81. The molecule has 0 saturated heterocycles. The van der Waals surface area contributed by atoms with Crippen LogP contribution in [0.1, 0.15) is 11.3 Å². The Morgan fingerprint density at radius 2 is 2.21 bits per heavy atom. The second-order valence-electron chi connectivity index (χ2n) is 4.06. The van der Waals surface area contributed by atoms with E-state index < -0.39 is 0 Å². The molecule has 0 unspecified atom stereocenters. The largest absolute Gasteiger partial charge is 0.362 e. The number of aromatic nitrogens is 5. The second-order valence-corrected chi connectivity index (χ2v) is 4.40. The van der Waals surface area contributed by atoms with Crippen molar-refractivity contribution in [2.45, 2.75) is 13.5 Å². The van der Waals surface area contributed by atoms with E-state index in [1.54, 1.807) is 12.5 Å². The third kappa shape index (κ3) is 2.34. The van der Waals surface area contributed by atoms with Crippen molar-refractivity contribution in [3.8, 4) is 0 Å². The van der Waals surface area contributed by atoms with Gasteiger partial charge in [0.25, 0.3) is 0 Å². The van der Waals surface area contributed by atoms with Crippen LogP contribution in [0.25, 0.3) is 11.2 Å². The smallest absolute Gasteiger partial charge is 0.226 e. The van der Waals surface area contributed by atoms with Crippen molar-refractivity contribution in [2.24, 2.45) is 0 Å². The van der Waals surface area contributed by atoms with E-state index in [0.717, 1.165) is 16.8 Å². The number of fused-ring (bicyclic) bond motifs is 1. The van der Waals surface area contributed by atoms with Crippen LogP contribution in [0, 0.1) is 6.92 Å². The molecule has 0 aromatic carbocycles. The van der Waals surface area contributed by atoms with E-state index in [-0.39, 0.29) is 5.28 Å². The number of nitrogens with one attached hydrogen (secondary N) is 2. The molecule has 0 amide bonds. The molecule has 3 rings (SSSR count). The van der Waals surface area contributed by atoms with E-state index in [4.69, 9.17) is 11.6 Å². The van der Waals surface area contributed by atoms with Crippen LogP contribution in [0.3, 0.4) is 0 Å². The number of anilines is 1. The summed E-state index contributed by atoms with van der Waals surface area (Å²) in [5.41, 5.74) is 3.36. The predicted octanol–water partition coefficient (Wildman–Crippen LogP) is 2.32. The zero-order valence-electron chi connectivity index (χ0n) is 10.2. The van der Waals surface area contributed by atoms with Gasteiger partial charge < -0.3 is 10.3 Å². The van der Waals surface area contributed by atoms with E-state index in [2.05, 4.69) is 30.2 Å². The highest BCUT2D eigenvalue weighted by atomic mass is 35.5. The minimum Gasteiger partial charge on any atom is -0.362 e. The van der Waals surface area contributed by atoms with Crippen molar-refractivity contribution in [3.63, 3.8) is 0 Å². The van der Waals surface area contributed by atoms with Crippen LogP contribution >= 0.6 is 11.6 Å². The van der Waals surface area contributed by atoms with Crippen molar-refractivity contribution in [2.75, 3.05) is 5.32 Å². The van der Waals surface area contributed by atoms with Gasteiger partial charge in [-0.3, -0.25) is 4.98 Å². The number of rotatable bonds is 3. The lowest BCUT2D eigenvalue weighted by Gasteiger charge is -2.07. The van der Waals surface area contributed by atoms with Crippen molar-refractivity contribution in [1.82, 2.24) is 24.9 Å².